The van der Waals surface area contributed by atoms with Gasteiger partial charge in [0.15, 0.2) is 0 Å². The maximum atomic E-state index is 13.0. The molecule has 1 heterocycles. The molecule has 1 N–H and O–H groups in total. The van der Waals surface area contributed by atoms with E-state index in [1.165, 1.54) is 23.6 Å². The number of allylic oxidation sites excluding steroid dienone is 1. The van der Waals surface area contributed by atoms with Crippen LogP contribution in [0, 0.1) is 18.3 Å². The standard InChI is InChI=1S/C20H13ClF3N3S/c1-12-2-4-13(5-3-12)18-11-28-19(27-18)14(9-25)10-26-15-6-7-17(21)16(8-15)20(22,23)24/h2-8,10-11,26H,1H3/b14-10-. The molecule has 0 aliphatic heterocycles. The van der Waals surface area contributed by atoms with Crippen molar-refractivity contribution in [3.8, 4) is 17.3 Å². The van der Waals surface area contributed by atoms with Crippen LogP contribution in [0.1, 0.15) is 16.1 Å². The first-order valence-corrected chi connectivity index (χ1v) is 9.30. The Hall–Kier alpha value is -2.82. The number of anilines is 1. The van der Waals surface area contributed by atoms with Crippen LogP contribution >= 0.6 is 22.9 Å². The zero-order valence-corrected chi connectivity index (χ0v) is 16.1. The summed E-state index contributed by atoms with van der Waals surface area (Å²) in [6, 6.07) is 13.3. The molecule has 2 aromatic carbocycles. The molecule has 3 aromatic rings. The number of aryl methyl sites for hydroxylation is 1. The van der Waals surface area contributed by atoms with Crippen LogP contribution < -0.4 is 5.32 Å². The predicted octanol–water partition coefficient (Wildman–Crippen LogP) is 6.77. The highest BCUT2D eigenvalue weighted by Gasteiger charge is 2.33. The lowest BCUT2D eigenvalue weighted by Gasteiger charge is -2.10. The lowest BCUT2D eigenvalue weighted by atomic mass is 10.1. The Balaban J connectivity index is 1.84. The summed E-state index contributed by atoms with van der Waals surface area (Å²) in [6.07, 6.45) is -3.23. The van der Waals surface area contributed by atoms with Crippen LogP contribution in [0.2, 0.25) is 5.02 Å². The fourth-order valence-electron chi connectivity index (χ4n) is 2.38. The zero-order chi connectivity index (χ0) is 20.3. The van der Waals surface area contributed by atoms with Crippen molar-refractivity contribution in [3.63, 3.8) is 0 Å². The van der Waals surface area contributed by atoms with Crippen molar-refractivity contribution >= 4 is 34.2 Å². The van der Waals surface area contributed by atoms with Gasteiger partial charge in [0.2, 0.25) is 0 Å². The molecule has 0 unspecified atom stereocenters. The number of nitriles is 1. The molecule has 0 fully saturated rings. The van der Waals surface area contributed by atoms with E-state index in [1.807, 2.05) is 42.6 Å². The van der Waals surface area contributed by atoms with Gasteiger partial charge in [0.25, 0.3) is 0 Å². The van der Waals surface area contributed by atoms with Crippen LogP contribution in [0.5, 0.6) is 0 Å². The Labute approximate surface area is 168 Å². The van der Waals surface area contributed by atoms with E-state index in [0.717, 1.165) is 29.0 Å². The van der Waals surface area contributed by atoms with Crippen LogP contribution in [0.15, 0.2) is 54.0 Å². The van der Waals surface area contributed by atoms with E-state index < -0.39 is 11.7 Å². The molecule has 8 heteroatoms. The third kappa shape index (κ3) is 4.53. The largest absolute Gasteiger partial charge is 0.417 e. The highest BCUT2D eigenvalue weighted by atomic mass is 35.5. The summed E-state index contributed by atoms with van der Waals surface area (Å²) in [5.74, 6) is 0. The fourth-order valence-corrected chi connectivity index (χ4v) is 3.40. The monoisotopic (exact) mass is 419 g/mol. The second kappa shape index (κ2) is 8.05. The number of hydrogen-bond donors (Lipinski definition) is 1. The first kappa shape index (κ1) is 19.9. The topological polar surface area (TPSA) is 48.7 Å². The molecule has 0 spiro atoms. The molecule has 1 aromatic heterocycles. The van der Waals surface area contributed by atoms with Gasteiger partial charge in [-0.3, -0.25) is 0 Å². The molecular formula is C20H13ClF3N3S. The second-order valence-electron chi connectivity index (χ2n) is 5.91. The number of alkyl halides is 3. The molecule has 0 bridgehead atoms. The number of nitrogens with zero attached hydrogens (tertiary/aromatic N) is 2. The molecule has 0 saturated heterocycles. The Morgan fingerprint density at radius 1 is 1.21 bits per heavy atom. The van der Waals surface area contributed by atoms with Crippen molar-refractivity contribution in [2.45, 2.75) is 13.1 Å². The quantitative estimate of drug-likeness (QED) is 0.475. The van der Waals surface area contributed by atoms with Gasteiger partial charge in [-0.15, -0.1) is 11.3 Å². The van der Waals surface area contributed by atoms with E-state index in [1.54, 1.807) is 0 Å². The van der Waals surface area contributed by atoms with Gasteiger partial charge in [-0.1, -0.05) is 41.4 Å². The Morgan fingerprint density at radius 3 is 2.57 bits per heavy atom. The summed E-state index contributed by atoms with van der Waals surface area (Å²) in [4.78, 5) is 4.45. The van der Waals surface area contributed by atoms with Crippen LogP contribution in [0.25, 0.3) is 16.8 Å². The lowest BCUT2D eigenvalue weighted by molar-refractivity contribution is -0.137. The Bertz CT molecular complexity index is 1060. The summed E-state index contributed by atoms with van der Waals surface area (Å²) in [7, 11) is 0. The number of thiazole rings is 1. The molecule has 0 aliphatic carbocycles. The third-order valence-electron chi connectivity index (χ3n) is 3.86. The van der Waals surface area contributed by atoms with Gasteiger partial charge in [0.05, 0.1) is 16.3 Å². The third-order valence-corrected chi connectivity index (χ3v) is 5.06. The smallest absolute Gasteiger partial charge is 0.360 e. The average Bonchev–Trinajstić information content (AvgIpc) is 3.13. The number of aromatic nitrogens is 1. The summed E-state index contributed by atoms with van der Waals surface area (Å²) in [5, 5.41) is 14.0. The molecule has 0 atom stereocenters. The van der Waals surface area contributed by atoms with Crippen molar-refractivity contribution in [2.75, 3.05) is 5.32 Å². The number of benzene rings is 2. The van der Waals surface area contributed by atoms with Crippen molar-refractivity contribution in [2.24, 2.45) is 0 Å². The van der Waals surface area contributed by atoms with E-state index in [9.17, 15) is 18.4 Å². The van der Waals surface area contributed by atoms with Gasteiger partial charge in [0, 0.05) is 22.8 Å². The first-order valence-electron chi connectivity index (χ1n) is 8.04. The minimum atomic E-state index is -4.56. The Kier molecular flexibility index (Phi) is 5.73. The molecule has 28 heavy (non-hydrogen) atoms. The molecular weight excluding hydrogens is 407 g/mol. The van der Waals surface area contributed by atoms with Crippen LogP contribution in [0.3, 0.4) is 0 Å². The molecule has 0 aliphatic rings. The zero-order valence-electron chi connectivity index (χ0n) is 14.5. The molecule has 3 rings (SSSR count). The number of rotatable bonds is 4. The number of halogens is 4. The molecule has 0 amide bonds. The summed E-state index contributed by atoms with van der Waals surface area (Å²) >= 11 is 6.90. The summed E-state index contributed by atoms with van der Waals surface area (Å²) in [6.45, 7) is 1.99. The van der Waals surface area contributed by atoms with E-state index in [-0.39, 0.29) is 16.3 Å². The summed E-state index contributed by atoms with van der Waals surface area (Å²) in [5.41, 5.74) is 2.22. The normalized spacial score (nSPS) is 11.9. The van der Waals surface area contributed by atoms with E-state index >= 15 is 0 Å². The predicted molar refractivity (Wildman–Crippen MR) is 106 cm³/mol. The van der Waals surface area contributed by atoms with Crippen LogP contribution in [-0.4, -0.2) is 4.98 Å². The molecule has 3 nitrogen and oxygen atoms in total. The van der Waals surface area contributed by atoms with Crippen molar-refractivity contribution in [1.82, 2.24) is 4.98 Å². The van der Waals surface area contributed by atoms with E-state index in [4.69, 9.17) is 11.6 Å². The molecule has 0 saturated carbocycles. The van der Waals surface area contributed by atoms with Crippen molar-refractivity contribution in [1.29, 1.82) is 5.26 Å². The maximum Gasteiger partial charge on any atom is 0.417 e. The average molecular weight is 420 g/mol. The van der Waals surface area contributed by atoms with Gasteiger partial charge < -0.3 is 5.32 Å². The van der Waals surface area contributed by atoms with Gasteiger partial charge >= 0.3 is 6.18 Å². The second-order valence-corrected chi connectivity index (χ2v) is 7.18. The van der Waals surface area contributed by atoms with Gasteiger partial charge in [-0.05, 0) is 25.1 Å². The van der Waals surface area contributed by atoms with Crippen LogP contribution in [-0.2, 0) is 6.18 Å². The molecule has 142 valence electrons. The number of hydrogen-bond acceptors (Lipinski definition) is 4. The van der Waals surface area contributed by atoms with E-state index in [0.29, 0.717) is 5.01 Å². The molecule has 0 radical (unpaired) electrons. The van der Waals surface area contributed by atoms with E-state index in [2.05, 4.69) is 10.3 Å². The van der Waals surface area contributed by atoms with Gasteiger partial charge in [0.1, 0.15) is 16.6 Å². The van der Waals surface area contributed by atoms with Gasteiger partial charge in [-0.2, -0.15) is 18.4 Å². The lowest BCUT2D eigenvalue weighted by Crippen LogP contribution is -2.06. The summed E-state index contributed by atoms with van der Waals surface area (Å²) < 4.78 is 38.9. The fraction of sp³-hybridized carbons (Fsp3) is 0.100. The van der Waals surface area contributed by atoms with Crippen molar-refractivity contribution < 1.29 is 13.2 Å². The highest BCUT2D eigenvalue weighted by molar-refractivity contribution is 7.11. The SMILES string of the molecule is Cc1ccc(-c2csc(/C(C#N)=C\Nc3ccc(Cl)c(C(F)(F)F)c3)n2)cc1. The maximum absolute atomic E-state index is 13.0. The highest BCUT2D eigenvalue weighted by Crippen LogP contribution is 2.36. The van der Waals surface area contributed by atoms with Gasteiger partial charge in [-0.25, -0.2) is 4.98 Å². The first-order chi connectivity index (χ1) is 13.3. The van der Waals surface area contributed by atoms with Crippen molar-refractivity contribution in [3.05, 3.63) is 75.2 Å². The minimum absolute atomic E-state index is 0.166. The van der Waals surface area contributed by atoms with Crippen LogP contribution in [0.4, 0.5) is 18.9 Å². The number of nitrogens with one attached hydrogen (secondary N) is 1. The minimum Gasteiger partial charge on any atom is -0.360 e. The Morgan fingerprint density at radius 2 is 1.93 bits per heavy atom.